The Bertz CT molecular complexity index is 735. The number of carbonyl (C=O) groups is 1. The first-order valence-corrected chi connectivity index (χ1v) is 9.34. The van der Waals surface area contributed by atoms with Crippen LogP contribution < -0.4 is 15.4 Å². The summed E-state index contributed by atoms with van der Waals surface area (Å²) in [5, 5.41) is 6.40. The fraction of sp³-hybridized carbons (Fsp3) is 0.429. The van der Waals surface area contributed by atoms with Gasteiger partial charge in [-0.2, -0.15) is 0 Å². The summed E-state index contributed by atoms with van der Waals surface area (Å²) in [6.45, 7) is 2.03. The molecule has 0 radical (unpaired) electrons. The van der Waals surface area contributed by atoms with Crippen LogP contribution in [-0.4, -0.2) is 24.0 Å². The molecule has 0 atom stereocenters. The van der Waals surface area contributed by atoms with Gasteiger partial charge in [0.1, 0.15) is 11.6 Å². The summed E-state index contributed by atoms with van der Waals surface area (Å²) < 4.78 is 5.37. The molecule has 0 unspecified atom stereocenters. The Morgan fingerprint density at radius 3 is 2.54 bits per heavy atom. The van der Waals surface area contributed by atoms with Crippen LogP contribution in [0.5, 0.6) is 5.75 Å². The van der Waals surface area contributed by atoms with Gasteiger partial charge in [-0.25, -0.2) is 4.98 Å². The van der Waals surface area contributed by atoms with Crippen molar-refractivity contribution in [2.24, 2.45) is 0 Å². The van der Waals surface area contributed by atoms with Crippen LogP contribution in [-0.2, 0) is 0 Å². The fourth-order valence-corrected chi connectivity index (χ4v) is 3.35. The van der Waals surface area contributed by atoms with Gasteiger partial charge in [0.15, 0.2) is 0 Å². The fourth-order valence-electron chi connectivity index (χ4n) is 3.35. The first kappa shape index (κ1) is 18.2. The quantitative estimate of drug-likeness (QED) is 0.772. The molecule has 1 aromatic heterocycles. The van der Waals surface area contributed by atoms with Gasteiger partial charge in [0.2, 0.25) is 0 Å². The Labute approximate surface area is 155 Å². The largest absolute Gasteiger partial charge is 0.495 e. The number of benzene rings is 1. The Morgan fingerprint density at radius 1 is 1.12 bits per heavy atom. The molecule has 0 bridgehead atoms. The molecule has 0 spiro atoms. The number of hydrogen-bond acceptors (Lipinski definition) is 4. The highest BCUT2D eigenvalue weighted by atomic mass is 16.5. The summed E-state index contributed by atoms with van der Waals surface area (Å²) in [5.74, 6) is 1.40. The first-order valence-electron chi connectivity index (χ1n) is 9.34. The number of nitrogens with one attached hydrogen (secondary N) is 2. The first-order chi connectivity index (χ1) is 12.7. The second kappa shape index (κ2) is 8.70. The molecular weight excluding hydrogens is 326 g/mol. The zero-order valence-corrected chi connectivity index (χ0v) is 15.5. The van der Waals surface area contributed by atoms with Crippen LogP contribution in [0.4, 0.5) is 11.5 Å². The Morgan fingerprint density at radius 2 is 1.88 bits per heavy atom. The highest BCUT2D eigenvalue weighted by Gasteiger charge is 2.16. The van der Waals surface area contributed by atoms with E-state index < -0.39 is 0 Å². The van der Waals surface area contributed by atoms with Crippen molar-refractivity contribution in [1.29, 1.82) is 0 Å². The summed E-state index contributed by atoms with van der Waals surface area (Å²) in [6, 6.07) is 9.85. The van der Waals surface area contributed by atoms with Crippen LogP contribution in [0, 0.1) is 6.92 Å². The molecule has 138 valence electrons. The molecule has 2 aromatic rings. The van der Waals surface area contributed by atoms with Crippen LogP contribution in [0.2, 0.25) is 0 Å². The van der Waals surface area contributed by atoms with Crippen LogP contribution in [0.15, 0.2) is 36.5 Å². The molecule has 1 heterocycles. The normalized spacial score (nSPS) is 15.2. The molecule has 1 aliphatic carbocycles. The Hall–Kier alpha value is -2.56. The molecule has 5 nitrogen and oxygen atoms in total. The summed E-state index contributed by atoms with van der Waals surface area (Å²) >= 11 is 0. The van der Waals surface area contributed by atoms with Gasteiger partial charge < -0.3 is 15.4 Å². The van der Waals surface area contributed by atoms with Crippen LogP contribution in [0.3, 0.4) is 0 Å². The maximum atomic E-state index is 12.4. The van der Waals surface area contributed by atoms with E-state index in [-0.39, 0.29) is 5.91 Å². The van der Waals surface area contributed by atoms with E-state index in [2.05, 4.69) is 15.6 Å². The minimum atomic E-state index is -0.0379. The molecule has 1 aromatic carbocycles. The number of aryl methyl sites for hydroxylation is 1. The van der Waals surface area contributed by atoms with Gasteiger partial charge in [-0.05, 0) is 49.6 Å². The lowest BCUT2D eigenvalue weighted by molar-refractivity contribution is 0.0933. The van der Waals surface area contributed by atoms with Crippen LogP contribution >= 0.6 is 0 Å². The van der Waals surface area contributed by atoms with Crippen molar-refractivity contribution in [3.05, 3.63) is 47.7 Å². The third-order valence-corrected chi connectivity index (χ3v) is 4.83. The SMILES string of the molecule is COc1ccc(C)cc1Nc1ccc(C(=O)NC2CCCCCC2)cn1. The molecule has 3 rings (SSSR count). The zero-order chi connectivity index (χ0) is 18.4. The topological polar surface area (TPSA) is 63.2 Å². The average molecular weight is 353 g/mol. The predicted molar refractivity (Wildman–Crippen MR) is 104 cm³/mol. The van der Waals surface area contributed by atoms with Gasteiger partial charge in [0.05, 0.1) is 18.4 Å². The second-order valence-electron chi connectivity index (χ2n) is 6.92. The van der Waals surface area contributed by atoms with Crippen molar-refractivity contribution in [3.63, 3.8) is 0 Å². The van der Waals surface area contributed by atoms with Crippen molar-refractivity contribution >= 4 is 17.4 Å². The van der Waals surface area contributed by atoms with Gasteiger partial charge >= 0.3 is 0 Å². The van der Waals surface area contributed by atoms with E-state index in [1.54, 1.807) is 13.3 Å². The molecule has 2 N–H and O–H groups in total. The molecule has 1 amide bonds. The minimum Gasteiger partial charge on any atom is -0.495 e. The molecule has 1 aliphatic rings. The number of ether oxygens (including phenoxy) is 1. The highest BCUT2D eigenvalue weighted by Crippen LogP contribution is 2.28. The van der Waals surface area contributed by atoms with Gasteiger partial charge in [-0.3, -0.25) is 4.79 Å². The second-order valence-corrected chi connectivity index (χ2v) is 6.92. The van der Waals surface area contributed by atoms with E-state index in [1.807, 2.05) is 37.3 Å². The molecule has 26 heavy (non-hydrogen) atoms. The molecule has 1 saturated carbocycles. The van der Waals surface area contributed by atoms with E-state index in [0.717, 1.165) is 29.8 Å². The number of nitrogens with zero attached hydrogens (tertiary/aromatic N) is 1. The maximum Gasteiger partial charge on any atom is 0.253 e. The predicted octanol–water partition coefficient (Wildman–Crippen LogP) is 4.59. The number of pyridine rings is 1. The van der Waals surface area contributed by atoms with Crippen molar-refractivity contribution < 1.29 is 9.53 Å². The number of carbonyl (C=O) groups excluding carboxylic acids is 1. The number of rotatable bonds is 5. The third kappa shape index (κ3) is 4.75. The minimum absolute atomic E-state index is 0.0379. The van der Waals surface area contributed by atoms with Crippen molar-refractivity contribution in [1.82, 2.24) is 10.3 Å². The van der Waals surface area contributed by atoms with Crippen molar-refractivity contribution in [3.8, 4) is 5.75 Å². The lowest BCUT2D eigenvalue weighted by Crippen LogP contribution is -2.34. The summed E-state index contributed by atoms with van der Waals surface area (Å²) in [6.07, 6.45) is 8.72. The van der Waals surface area contributed by atoms with E-state index in [0.29, 0.717) is 17.4 Å². The molecule has 5 heteroatoms. The highest BCUT2D eigenvalue weighted by molar-refractivity contribution is 5.94. The zero-order valence-electron chi connectivity index (χ0n) is 15.5. The van der Waals surface area contributed by atoms with E-state index in [4.69, 9.17) is 4.74 Å². The number of aromatic nitrogens is 1. The number of methoxy groups -OCH3 is 1. The molecule has 0 aliphatic heterocycles. The number of hydrogen-bond donors (Lipinski definition) is 2. The number of anilines is 2. The van der Waals surface area contributed by atoms with E-state index in [1.165, 1.54) is 25.7 Å². The Balaban J connectivity index is 1.64. The van der Waals surface area contributed by atoms with Gasteiger partial charge in [0.25, 0.3) is 5.91 Å². The van der Waals surface area contributed by atoms with E-state index in [9.17, 15) is 4.79 Å². The van der Waals surface area contributed by atoms with Crippen molar-refractivity contribution in [2.75, 3.05) is 12.4 Å². The monoisotopic (exact) mass is 353 g/mol. The van der Waals surface area contributed by atoms with E-state index >= 15 is 0 Å². The maximum absolute atomic E-state index is 12.4. The summed E-state index contributed by atoms with van der Waals surface area (Å²) in [7, 11) is 1.64. The average Bonchev–Trinajstić information content (AvgIpc) is 2.91. The summed E-state index contributed by atoms with van der Waals surface area (Å²) in [5.41, 5.74) is 2.58. The number of amides is 1. The third-order valence-electron chi connectivity index (χ3n) is 4.83. The van der Waals surface area contributed by atoms with Gasteiger partial charge in [-0.15, -0.1) is 0 Å². The smallest absolute Gasteiger partial charge is 0.253 e. The standard InChI is InChI=1S/C21H27N3O2/c1-15-9-11-19(26-2)18(13-15)24-20-12-10-16(14-22-20)21(25)23-17-7-5-3-4-6-8-17/h9-14,17H,3-8H2,1-2H3,(H,22,24)(H,23,25). The lowest BCUT2D eigenvalue weighted by atomic mass is 10.1. The van der Waals surface area contributed by atoms with Gasteiger partial charge in [-0.1, -0.05) is 31.7 Å². The summed E-state index contributed by atoms with van der Waals surface area (Å²) in [4.78, 5) is 16.8. The van der Waals surface area contributed by atoms with Crippen LogP contribution in [0.25, 0.3) is 0 Å². The lowest BCUT2D eigenvalue weighted by Gasteiger charge is -2.16. The van der Waals surface area contributed by atoms with Gasteiger partial charge in [0, 0.05) is 12.2 Å². The van der Waals surface area contributed by atoms with Crippen LogP contribution in [0.1, 0.15) is 54.4 Å². The van der Waals surface area contributed by atoms with Crippen molar-refractivity contribution in [2.45, 2.75) is 51.5 Å². The molecule has 1 fully saturated rings. The Kier molecular flexibility index (Phi) is 6.10. The molecular formula is C21H27N3O2. The molecule has 0 saturated heterocycles.